The Bertz CT molecular complexity index is 847. The monoisotopic (exact) mass is 269 g/mol. The summed E-state index contributed by atoms with van der Waals surface area (Å²) in [5.41, 5.74) is 4.13. The minimum absolute atomic E-state index is 0.256. The van der Waals surface area contributed by atoms with E-state index in [-0.39, 0.29) is 6.17 Å². The minimum atomic E-state index is -2.14. The molecular formula is C16H18N4. The lowest BCUT2D eigenvalue weighted by Crippen LogP contribution is -2.33. The van der Waals surface area contributed by atoms with Crippen molar-refractivity contribution in [1.82, 2.24) is 14.5 Å². The fourth-order valence-corrected chi connectivity index (χ4v) is 2.95. The van der Waals surface area contributed by atoms with Gasteiger partial charge in [0.05, 0.1) is 11.0 Å². The molecule has 2 aliphatic rings. The maximum atomic E-state index is 7.62. The summed E-state index contributed by atoms with van der Waals surface area (Å²) in [5, 5.41) is 0. The van der Waals surface area contributed by atoms with Gasteiger partial charge in [-0.2, -0.15) is 0 Å². The molecule has 0 spiro atoms. The van der Waals surface area contributed by atoms with Gasteiger partial charge in [-0.1, -0.05) is 6.08 Å². The summed E-state index contributed by atoms with van der Waals surface area (Å²) in [6, 6.07) is 4.17. The zero-order valence-corrected chi connectivity index (χ0v) is 11.5. The lowest BCUT2D eigenvalue weighted by Gasteiger charge is -2.28. The number of hydrogen-bond donors (Lipinski definition) is 0. The van der Waals surface area contributed by atoms with Gasteiger partial charge in [-0.05, 0) is 31.5 Å². The van der Waals surface area contributed by atoms with E-state index in [9.17, 15) is 0 Å². The Morgan fingerprint density at radius 1 is 1.30 bits per heavy atom. The molecule has 0 saturated carbocycles. The smallest absolute Gasteiger partial charge is 0.117 e. The van der Waals surface area contributed by atoms with E-state index in [2.05, 4.69) is 27.9 Å². The molecule has 0 bridgehead atoms. The van der Waals surface area contributed by atoms with Gasteiger partial charge in [0.25, 0.3) is 0 Å². The van der Waals surface area contributed by atoms with Crippen LogP contribution in [0.15, 0.2) is 30.6 Å². The second-order valence-electron chi connectivity index (χ2n) is 5.36. The van der Waals surface area contributed by atoms with Crippen LogP contribution in [0.3, 0.4) is 0 Å². The predicted octanol–water partition coefficient (Wildman–Crippen LogP) is 2.94. The first-order chi connectivity index (χ1) is 10.9. The van der Waals surface area contributed by atoms with Crippen LogP contribution in [0, 0.1) is 6.92 Å². The fourth-order valence-electron chi connectivity index (χ4n) is 2.95. The average molecular weight is 269 g/mol. The van der Waals surface area contributed by atoms with Crippen LogP contribution < -0.4 is 4.90 Å². The van der Waals surface area contributed by atoms with Crippen molar-refractivity contribution in [3.63, 3.8) is 0 Å². The fraction of sp³-hybridized carbons (Fsp3) is 0.312. The van der Waals surface area contributed by atoms with Gasteiger partial charge in [-0.15, -0.1) is 0 Å². The van der Waals surface area contributed by atoms with Gasteiger partial charge in [0.1, 0.15) is 12.0 Å². The van der Waals surface area contributed by atoms with Crippen molar-refractivity contribution in [1.29, 1.82) is 0 Å². The molecule has 1 aromatic carbocycles. The topological polar surface area (TPSA) is 24.3 Å². The van der Waals surface area contributed by atoms with E-state index in [1.807, 2.05) is 31.0 Å². The van der Waals surface area contributed by atoms with Crippen molar-refractivity contribution in [2.45, 2.75) is 26.4 Å². The van der Waals surface area contributed by atoms with Crippen molar-refractivity contribution in [2.24, 2.45) is 0 Å². The maximum Gasteiger partial charge on any atom is 0.117 e. The van der Waals surface area contributed by atoms with E-state index >= 15 is 0 Å². The normalized spacial score (nSPS) is 23.3. The standard InChI is InChI=1S/C16H18N4/c1-11-9-15-13(17-16-5-4-6-20(15)16)10-14(11)19-8-7-18(3)12(19)2/h4,6-10,12H,5H2,1-3H3/t12-/m0/s1/i3D3. The first-order valence-electron chi connectivity index (χ1n) is 8.29. The zero-order valence-electron chi connectivity index (χ0n) is 14.5. The molecule has 0 N–H and O–H groups in total. The van der Waals surface area contributed by atoms with Crippen molar-refractivity contribution in [3.05, 3.63) is 42.0 Å². The lowest BCUT2D eigenvalue weighted by molar-refractivity contribution is 0.383. The van der Waals surface area contributed by atoms with E-state index in [0.717, 1.165) is 34.5 Å². The summed E-state index contributed by atoms with van der Waals surface area (Å²) >= 11 is 0. The highest BCUT2D eigenvalue weighted by molar-refractivity contribution is 5.85. The van der Waals surface area contributed by atoms with Crippen molar-refractivity contribution < 1.29 is 4.11 Å². The highest BCUT2D eigenvalue weighted by atomic mass is 15.4. The van der Waals surface area contributed by atoms with Crippen LogP contribution in [0.2, 0.25) is 0 Å². The first kappa shape index (κ1) is 8.84. The summed E-state index contributed by atoms with van der Waals surface area (Å²) in [6.07, 6.45) is 8.22. The van der Waals surface area contributed by atoms with Gasteiger partial charge in [0.2, 0.25) is 0 Å². The SMILES string of the molecule is [2H]C([2H])([2H])N1C=CN(c2cc3nc4n(c3cc2C)C=CC4)[C@H]1C. The predicted molar refractivity (Wildman–Crippen MR) is 82.3 cm³/mol. The van der Waals surface area contributed by atoms with Crippen molar-refractivity contribution >= 4 is 22.9 Å². The van der Waals surface area contributed by atoms with Gasteiger partial charge in [-0.3, -0.25) is 0 Å². The van der Waals surface area contributed by atoms with Gasteiger partial charge in [0.15, 0.2) is 0 Å². The summed E-state index contributed by atoms with van der Waals surface area (Å²) < 4.78 is 25.0. The van der Waals surface area contributed by atoms with E-state index < -0.39 is 6.98 Å². The first-order valence-corrected chi connectivity index (χ1v) is 6.79. The average Bonchev–Trinajstić information content (AvgIpc) is 3.12. The lowest BCUT2D eigenvalue weighted by atomic mass is 10.1. The third-order valence-corrected chi connectivity index (χ3v) is 4.11. The number of allylic oxidation sites excluding steroid dienone is 1. The van der Waals surface area contributed by atoms with E-state index in [0.29, 0.717) is 0 Å². The molecule has 4 rings (SSSR count). The molecule has 1 atom stereocenters. The Balaban J connectivity index is 1.77. The Labute approximate surface area is 122 Å². The molecule has 4 nitrogen and oxygen atoms in total. The second-order valence-corrected chi connectivity index (χ2v) is 5.36. The van der Waals surface area contributed by atoms with Gasteiger partial charge in [-0.25, -0.2) is 4.98 Å². The van der Waals surface area contributed by atoms with Crippen LogP contribution in [0.1, 0.15) is 22.4 Å². The second kappa shape index (κ2) is 3.88. The Morgan fingerprint density at radius 2 is 2.20 bits per heavy atom. The van der Waals surface area contributed by atoms with Crippen LogP contribution in [0.5, 0.6) is 0 Å². The Hall–Kier alpha value is -2.23. The molecule has 102 valence electrons. The molecule has 1 aromatic heterocycles. The Kier molecular flexibility index (Phi) is 1.72. The van der Waals surface area contributed by atoms with Crippen LogP contribution >= 0.6 is 0 Å². The van der Waals surface area contributed by atoms with Gasteiger partial charge >= 0.3 is 0 Å². The number of rotatable bonds is 1. The molecule has 2 aromatic rings. The molecule has 20 heavy (non-hydrogen) atoms. The molecule has 0 saturated heterocycles. The Morgan fingerprint density at radius 3 is 3.00 bits per heavy atom. The van der Waals surface area contributed by atoms with Crippen molar-refractivity contribution in [2.75, 3.05) is 11.9 Å². The molecule has 2 aliphatic heterocycles. The van der Waals surface area contributed by atoms with Crippen molar-refractivity contribution in [3.8, 4) is 0 Å². The molecule has 0 fully saturated rings. The summed E-state index contributed by atoms with van der Waals surface area (Å²) in [6.45, 7) is 1.81. The summed E-state index contributed by atoms with van der Waals surface area (Å²) in [7, 11) is 0. The third-order valence-electron chi connectivity index (χ3n) is 4.11. The molecule has 3 heterocycles. The third kappa shape index (κ3) is 1.45. The molecule has 0 unspecified atom stereocenters. The number of imidazole rings is 1. The van der Waals surface area contributed by atoms with E-state index in [4.69, 9.17) is 4.11 Å². The molecule has 4 heteroatoms. The van der Waals surface area contributed by atoms with Gasteiger partial charge in [0, 0.05) is 41.8 Å². The quantitative estimate of drug-likeness (QED) is 0.795. The van der Waals surface area contributed by atoms with Gasteiger partial charge < -0.3 is 14.4 Å². The summed E-state index contributed by atoms with van der Waals surface area (Å²) in [4.78, 5) is 8.07. The largest absolute Gasteiger partial charge is 0.359 e. The number of benzene rings is 1. The van der Waals surface area contributed by atoms with E-state index in [1.165, 1.54) is 4.90 Å². The van der Waals surface area contributed by atoms with Crippen LogP contribution in [-0.4, -0.2) is 27.6 Å². The number of aromatic nitrogens is 2. The molecule has 0 radical (unpaired) electrons. The zero-order chi connectivity index (χ0) is 16.4. The van der Waals surface area contributed by atoms with Crippen LogP contribution in [-0.2, 0) is 6.42 Å². The van der Waals surface area contributed by atoms with E-state index in [1.54, 1.807) is 6.20 Å². The molecule has 0 amide bonds. The minimum Gasteiger partial charge on any atom is -0.359 e. The molecular weight excluding hydrogens is 248 g/mol. The highest BCUT2D eigenvalue weighted by Gasteiger charge is 2.23. The van der Waals surface area contributed by atoms with Crippen LogP contribution in [0.4, 0.5) is 5.69 Å². The number of fused-ring (bicyclic) bond motifs is 3. The van der Waals surface area contributed by atoms with Crippen LogP contribution in [0.25, 0.3) is 17.2 Å². The number of hydrogen-bond acceptors (Lipinski definition) is 3. The number of nitrogens with zero attached hydrogens (tertiary/aromatic N) is 4. The number of anilines is 1. The summed E-state index contributed by atoms with van der Waals surface area (Å²) in [5.74, 6) is 1.05. The highest BCUT2D eigenvalue weighted by Crippen LogP contribution is 2.32. The molecule has 0 aliphatic carbocycles. The number of aryl methyl sites for hydroxylation is 1. The maximum absolute atomic E-state index is 7.62.